The lowest BCUT2D eigenvalue weighted by Crippen LogP contribution is -2.43. The van der Waals surface area contributed by atoms with Crippen LogP contribution in [-0.2, 0) is 25.9 Å². The van der Waals surface area contributed by atoms with Crippen LogP contribution in [0.15, 0.2) is 18.2 Å². The number of rotatable bonds is 8. The molecule has 0 fully saturated rings. The molecule has 0 heterocycles. The molecule has 1 rings (SSSR count). The number of benzene rings is 1. The Morgan fingerprint density at radius 3 is 2.50 bits per heavy atom. The van der Waals surface area contributed by atoms with Crippen LogP contribution in [0, 0.1) is 0 Å². The third-order valence-electron chi connectivity index (χ3n) is 2.69. The molecule has 11 nitrogen and oxygen atoms in total. The van der Waals surface area contributed by atoms with Crippen molar-refractivity contribution in [1.82, 2.24) is 5.32 Å². The lowest BCUT2D eigenvalue weighted by molar-refractivity contribution is -0.122. The largest absolute Gasteiger partial charge is 0.524 e. The number of phenols is 1. The first-order valence-electron chi connectivity index (χ1n) is 6.43. The maximum Gasteiger partial charge on any atom is 0.524 e. The standard InChI is InChI=1S/C11H17N2O9PS/c12-8(11(15)13-3-4-24(19,20)21)5-7-1-2-10(9(14)6-7)22-23(16,17)18/h1-2,6,8,14H,3-5,12H2,(H,13,15)(H2,16,17,18)(H,19,20,21). The molecule has 0 radical (unpaired) electrons. The molecule has 0 saturated carbocycles. The van der Waals surface area contributed by atoms with Crippen LogP contribution in [-0.4, -0.2) is 52.1 Å². The molecule has 0 saturated heterocycles. The Morgan fingerprint density at radius 1 is 1.38 bits per heavy atom. The van der Waals surface area contributed by atoms with E-state index in [4.69, 9.17) is 20.1 Å². The van der Waals surface area contributed by atoms with E-state index in [9.17, 15) is 22.9 Å². The summed E-state index contributed by atoms with van der Waals surface area (Å²) >= 11 is 0. The first-order valence-corrected chi connectivity index (χ1v) is 9.57. The second kappa shape index (κ2) is 7.92. The number of nitrogens with one attached hydrogen (secondary N) is 1. The van der Waals surface area contributed by atoms with Gasteiger partial charge in [-0.3, -0.25) is 19.1 Å². The van der Waals surface area contributed by atoms with Crippen molar-refractivity contribution in [2.45, 2.75) is 12.5 Å². The second-order valence-electron chi connectivity index (χ2n) is 4.77. The van der Waals surface area contributed by atoms with Gasteiger partial charge in [-0.25, -0.2) is 4.57 Å². The number of carbonyl (C=O) groups excluding carboxylic acids is 1. The summed E-state index contributed by atoms with van der Waals surface area (Å²) in [5.74, 6) is -2.30. The number of nitrogens with two attached hydrogens (primary N) is 1. The van der Waals surface area contributed by atoms with Crippen molar-refractivity contribution in [2.24, 2.45) is 5.73 Å². The summed E-state index contributed by atoms with van der Waals surface area (Å²) in [6.45, 7) is -0.314. The molecule has 1 amide bonds. The monoisotopic (exact) mass is 384 g/mol. The van der Waals surface area contributed by atoms with Gasteiger partial charge < -0.3 is 20.7 Å². The molecule has 0 spiro atoms. The summed E-state index contributed by atoms with van der Waals surface area (Å²) < 4.78 is 44.5. The topological polar surface area (TPSA) is 196 Å². The molecule has 1 atom stereocenters. The van der Waals surface area contributed by atoms with Gasteiger partial charge in [0.15, 0.2) is 11.5 Å². The molecule has 13 heteroatoms. The zero-order valence-electron chi connectivity index (χ0n) is 12.2. The predicted octanol–water partition coefficient (Wildman–Crippen LogP) is -1.26. The van der Waals surface area contributed by atoms with Crippen molar-refractivity contribution >= 4 is 23.8 Å². The van der Waals surface area contributed by atoms with Crippen molar-refractivity contribution in [3.8, 4) is 11.5 Å². The van der Waals surface area contributed by atoms with E-state index in [2.05, 4.69) is 9.84 Å². The van der Waals surface area contributed by atoms with E-state index in [1.165, 1.54) is 6.07 Å². The van der Waals surface area contributed by atoms with E-state index in [-0.39, 0.29) is 13.0 Å². The van der Waals surface area contributed by atoms with Crippen LogP contribution in [0.25, 0.3) is 0 Å². The summed E-state index contributed by atoms with van der Waals surface area (Å²) in [4.78, 5) is 29.0. The highest BCUT2D eigenvalue weighted by Gasteiger charge is 2.20. The third kappa shape index (κ3) is 7.73. The molecule has 0 bridgehead atoms. The zero-order chi connectivity index (χ0) is 18.5. The highest BCUT2D eigenvalue weighted by atomic mass is 32.2. The van der Waals surface area contributed by atoms with Gasteiger partial charge in [-0.15, -0.1) is 0 Å². The summed E-state index contributed by atoms with van der Waals surface area (Å²) in [6, 6.07) is 2.50. The van der Waals surface area contributed by atoms with E-state index in [1.54, 1.807) is 0 Å². The first-order chi connectivity index (χ1) is 10.9. The quantitative estimate of drug-likeness (QED) is 0.232. The van der Waals surface area contributed by atoms with Gasteiger partial charge in [0, 0.05) is 6.54 Å². The fourth-order valence-electron chi connectivity index (χ4n) is 1.68. The molecular weight excluding hydrogens is 367 g/mol. The molecule has 1 aromatic carbocycles. The minimum atomic E-state index is -4.82. The average Bonchev–Trinajstić information content (AvgIpc) is 2.39. The van der Waals surface area contributed by atoms with Crippen LogP contribution >= 0.6 is 7.82 Å². The van der Waals surface area contributed by atoms with Crippen LogP contribution in [0.5, 0.6) is 11.5 Å². The molecule has 1 unspecified atom stereocenters. The van der Waals surface area contributed by atoms with Gasteiger partial charge in [-0.1, -0.05) is 6.07 Å². The number of carbonyl (C=O) groups is 1. The molecule has 136 valence electrons. The summed E-state index contributed by atoms with van der Waals surface area (Å²) in [5.41, 5.74) is 6.01. The van der Waals surface area contributed by atoms with Crippen LogP contribution < -0.4 is 15.6 Å². The van der Waals surface area contributed by atoms with Crippen molar-refractivity contribution in [3.63, 3.8) is 0 Å². The molecular formula is C11H17N2O9PS. The zero-order valence-corrected chi connectivity index (χ0v) is 13.9. The van der Waals surface area contributed by atoms with Crippen LogP contribution in [0.3, 0.4) is 0 Å². The Kier molecular flexibility index (Phi) is 6.72. The second-order valence-corrected chi connectivity index (χ2v) is 7.51. The van der Waals surface area contributed by atoms with Crippen molar-refractivity contribution in [3.05, 3.63) is 23.8 Å². The van der Waals surface area contributed by atoms with E-state index >= 15 is 0 Å². The molecule has 7 N–H and O–H groups in total. The van der Waals surface area contributed by atoms with Gasteiger partial charge in [0.2, 0.25) is 5.91 Å². The number of phosphoric ester groups is 1. The number of hydrogen-bond donors (Lipinski definition) is 6. The van der Waals surface area contributed by atoms with Gasteiger partial charge in [-0.05, 0) is 24.1 Å². The lowest BCUT2D eigenvalue weighted by Gasteiger charge is -2.13. The Hall–Kier alpha value is -1.69. The van der Waals surface area contributed by atoms with Crippen molar-refractivity contribution < 1.29 is 41.7 Å². The van der Waals surface area contributed by atoms with Crippen LogP contribution in [0.2, 0.25) is 0 Å². The summed E-state index contributed by atoms with van der Waals surface area (Å²) in [6.07, 6.45) is -0.0402. The smallest absolute Gasteiger partial charge is 0.504 e. The van der Waals surface area contributed by atoms with Gasteiger partial charge >= 0.3 is 7.82 Å². The SMILES string of the molecule is NC(Cc1ccc(OP(=O)(O)O)c(O)c1)C(=O)NCCS(=O)(=O)O. The maximum absolute atomic E-state index is 11.7. The molecule has 0 aliphatic rings. The minimum absolute atomic E-state index is 0.0402. The van der Waals surface area contributed by atoms with Crippen molar-refractivity contribution in [1.29, 1.82) is 0 Å². The molecule has 1 aromatic rings. The Bertz CT molecular complexity index is 746. The molecule has 0 aromatic heterocycles. The van der Waals surface area contributed by atoms with E-state index in [0.717, 1.165) is 12.1 Å². The van der Waals surface area contributed by atoms with E-state index in [0.29, 0.717) is 5.56 Å². The fraction of sp³-hybridized carbons (Fsp3) is 0.364. The fourth-order valence-corrected chi connectivity index (χ4v) is 2.45. The van der Waals surface area contributed by atoms with Crippen molar-refractivity contribution in [2.75, 3.05) is 12.3 Å². The lowest BCUT2D eigenvalue weighted by atomic mass is 10.1. The highest BCUT2D eigenvalue weighted by Crippen LogP contribution is 2.41. The van der Waals surface area contributed by atoms with Gasteiger partial charge in [-0.2, -0.15) is 8.42 Å². The number of aromatic hydroxyl groups is 1. The molecule has 24 heavy (non-hydrogen) atoms. The van der Waals surface area contributed by atoms with Gasteiger partial charge in [0.05, 0.1) is 11.8 Å². The van der Waals surface area contributed by atoms with Crippen LogP contribution in [0.1, 0.15) is 5.56 Å². The first kappa shape index (κ1) is 20.4. The van der Waals surface area contributed by atoms with E-state index in [1.807, 2.05) is 0 Å². The normalized spacial score (nSPS) is 13.3. The van der Waals surface area contributed by atoms with Gasteiger partial charge in [0.1, 0.15) is 0 Å². The minimum Gasteiger partial charge on any atom is -0.504 e. The number of phenolic OH excluding ortho intramolecular Hbond substituents is 1. The molecule has 0 aliphatic carbocycles. The molecule has 0 aliphatic heterocycles. The Labute approximate surface area is 137 Å². The number of amides is 1. The Balaban J connectivity index is 2.64. The van der Waals surface area contributed by atoms with Gasteiger partial charge in [0.25, 0.3) is 10.1 Å². The maximum atomic E-state index is 11.7. The summed E-state index contributed by atoms with van der Waals surface area (Å²) in [7, 11) is -9.01. The Morgan fingerprint density at radius 2 is 2.00 bits per heavy atom. The predicted molar refractivity (Wildman–Crippen MR) is 81.9 cm³/mol. The summed E-state index contributed by atoms with van der Waals surface area (Å²) in [5, 5.41) is 11.9. The highest BCUT2D eigenvalue weighted by molar-refractivity contribution is 7.85. The van der Waals surface area contributed by atoms with Crippen LogP contribution in [0.4, 0.5) is 0 Å². The number of hydrogen-bond acceptors (Lipinski definition) is 7. The number of phosphoric acid groups is 1. The average molecular weight is 384 g/mol. The van der Waals surface area contributed by atoms with E-state index < -0.39 is 47.1 Å². The third-order valence-corrected chi connectivity index (χ3v) is 3.85.